The molecule has 0 atom stereocenters. The first-order valence-corrected chi connectivity index (χ1v) is 12.5. The van der Waals surface area contributed by atoms with Gasteiger partial charge in [-0.05, 0) is 30.3 Å². The van der Waals surface area contributed by atoms with E-state index in [1.165, 1.54) is 18.4 Å². The highest BCUT2D eigenvalue weighted by Gasteiger charge is 2.23. The fraction of sp³-hybridized carbons (Fsp3) is 0.222. The van der Waals surface area contributed by atoms with Gasteiger partial charge in [0.15, 0.2) is 11.6 Å². The number of hydrogen-bond acceptors (Lipinski definition) is 9. The van der Waals surface area contributed by atoms with Crippen molar-refractivity contribution in [3.05, 3.63) is 78.0 Å². The van der Waals surface area contributed by atoms with Gasteiger partial charge in [-0.1, -0.05) is 22.4 Å². The Labute approximate surface area is 228 Å². The zero-order valence-electron chi connectivity index (χ0n) is 21.3. The third-order valence-electron chi connectivity index (χ3n) is 6.31. The van der Waals surface area contributed by atoms with E-state index in [-0.39, 0.29) is 12.5 Å². The molecule has 12 nitrogen and oxygen atoms in total. The minimum atomic E-state index is -0.547. The molecule has 0 saturated carbocycles. The summed E-state index contributed by atoms with van der Waals surface area (Å²) in [6.07, 6.45) is 1.45. The second-order valence-corrected chi connectivity index (χ2v) is 8.95. The highest BCUT2D eigenvalue weighted by Crippen LogP contribution is 2.27. The number of halogens is 1. The highest BCUT2D eigenvalue weighted by atomic mass is 19.1. The predicted molar refractivity (Wildman–Crippen MR) is 143 cm³/mol. The van der Waals surface area contributed by atoms with E-state index in [1.54, 1.807) is 47.4 Å². The van der Waals surface area contributed by atoms with E-state index in [4.69, 9.17) is 14.3 Å². The minimum Gasteiger partial charge on any atom is -0.366 e. The SMILES string of the molecule is N#Cc1cccc(NC(=O)NCC(=O)N2CCN(c3ccc(-c4cc(CNc5ccon5)on4)cc3F)CC2)c1. The molecule has 0 bridgehead atoms. The number of piperazine rings is 1. The largest absolute Gasteiger partial charge is 0.366 e. The fourth-order valence-corrected chi connectivity index (χ4v) is 4.24. The number of nitrogens with zero attached hydrogens (tertiary/aromatic N) is 5. The first-order valence-electron chi connectivity index (χ1n) is 12.5. The van der Waals surface area contributed by atoms with Crippen molar-refractivity contribution < 1.29 is 23.0 Å². The summed E-state index contributed by atoms with van der Waals surface area (Å²) in [4.78, 5) is 28.2. The lowest BCUT2D eigenvalue weighted by Crippen LogP contribution is -2.51. The minimum absolute atomic E-state index is 0.180. The number of urea groups is 1. The highest BCUT2D eigenvalue weighted by molar-refractivity contribution is 5.92. The molecule has 0 radical (unpaired) electrons. The van der Waals surface area contributed by atoms with Gasteiger partial charge in [-0.25, -0.2) is 9.18 Å². The van der Waals surface area contributed by atoms with Crippen LogP contribution >= 0.6 is 0 Å². The molecule has 13 heteroatoms. The molecule has 1 saturated heterocycles. The van der Waals surface area contributed by atoms with Crippen LogP contribution in [0.15, 0.2) is 69.9 Å². The maximum atomic E-state index is 15.1. The predicted octanol–water partition coefficient (Wildman–Crippen LogP) is 3.42. The average molecular weight is 545 g/mol. The first-order chi connectivity index (χ1) is 19.5. The molecular weight excluding hydrogens is 519 g/mol. The Morgan fingerprint density at radius 3 is 2.65 bits per heavy atom. The smallest absolute Gasteiger partial charge is 0.319 e. The number of amides is 3. The van der Waals surface area contributed by atoms with Crippen LogP contribution in [0.3, 0.4) is 0 Å². The van der Waals surface area contributed by atoms with Gasteiger partial charge in [-0.3, -0.25) is 4.79 Å². The summed E-state index contributed by atoms with van der Waals surface area (Å²) in [5, 5.41) is 24.9. The molecule has 204 valence electrons. The van der Waals surface area contributed by atoms with Crippen molar-refractivity contribution in [2.45, 2.75) is 6.54 Å². The van der Waals surface area contributed by atoms with E-state index in [1.807, 2.05) is 11.0 Å². The van der Waals surface area contributed by atoms with Crippen LogP contribution in [-0.2, 0) is 11.3 Å². The molecule has 0 aliphatic carbocycles. The Kier molecular flexibility index (Phi) is 7.87. The van der Waals surface area contributed by atoms with Crippen LogP contribution in [0.2, 0.25) is 0 Å². The summed E-state index contributed by atoms with van der Waals surface area (Å²) in [5.74, 6) is 0.483. The van der Waals surface area contributed by atoms with Gasteiger partial charge >= 0.3 is 6.03 Å². The molecule has 2 aromatic carbocycles. The molecule has 1 fully saturated rings. The summed E-state index contributed by atoms with van der Waals surface area (Å²) < 4.78 is 25.2. The van der Waals surface area contributed by atoms with Crippen molar-refractivity contribution in [2.24, 2.45) is 0 Å². The van der Waals surface area contributed by atoms with E-state index in [9.17, 15) is 9.59 Å². The zero-order valence-corrected chi connectivity index (χ0v) is 21.3. The van der Waals surface area contributed by atoms with Crippen LogP contribution in [0.5, 0.6) is 0 Å². The fourth-order valence-electron chi connectivity index (χ4n) is 4.24. The summed E-state index contributed by atoms with van der Waals surface area (Å²) in [6.45, 7) is 1.82. The Bertz CT molecular complexity index is 1520. The number of carbonyl (C=O) groups excluding carboxylic acids is 2. The summed E-state index contributed by atoms with van der Waals surface area (Å²) >= 11 is 0. The first kappa shape index (κ1) is 26.2. The van der Waals surface area contributed by atoms with E-state index >= 15 is 4.39 Å². The lowest BCUT2D eigenvalue weighted by molar-refractivity contribution is -0.130. The average Bonchev–Trinajstić information content (AvgIpc) is 3.67. The Balaban J connectivity index is 1.09. The summed E-state index contributed by atoms with van der Waals surface area (Å²) in [6, 6.07) is 16.2. The summed E-state index contributed by atoms with van der Waals surface area (Å²) in [7, 11) is 0. The standard InChI is InChI=1S/C27H25FN8O4/c28-22-13-19(23-14-21(40-33-23)16-30-25-6-11-39-34-25)4-5-24(22)35-7-9-36(10-8-35)26(37)17-31-27(38)32-20-3-1-2-18(12-20)15-29/h1-6,11-14H,7-10,16-17H2,(H,30,34)(H2,31,32,38). The van der Waals surface area contributed by atoms with Crippen LogP contribution in [0.4, 0.5) is 26.4 Å². The van der Waals surface area contributed by atoms with Gasteiger partial charge < -0.3 is 34.8 Å². The van der Waals surface area contributed by atoms with E-state index in [2.05, 4.69) is 26.3 Å². The number of nitriles is 1. The van der Waals surface area contributed by atoms with Gasteiger partial charge in [-0.15, -0.1) is 0 Å². The summed E-state index contributed by atoms with van der Waals surface area (Å²) in [5.41, 5.74) is 2.39. The van der Waals surface area contributed by atoms with E-state index in [0.717, 1.165) is 0 Å². The van der Waals surface area contributed by atoms with Crippen molar-refractivity contribution in [3.8, 4) is 17.3 Å². The van der Waals surface area contributed by atoms with Gasteiger partial charge in [0.25, 0.3) is 0 Å². The molecule has 3 N–H and O–H groups in total. The number of aromatic nitrogens is 2. The third-order valence-corrected chi connectivity index (χ3v) is 6.31. The molecule has 4 aromatic rings. The van der Waals surface area contributed by atoms with Crippen LogP contribution in [0, 0.1) is 17.1 Å². The molecule has 40 heavy (non-hydrogen) atoms. The van der Waals surface area contributed by atoms with Crippen molar-refractivity contribution in [2.75, 3.05) is 48.3 Å². The molecule has 2 aromatic heterocycles. The molecule has 0 spiro atoms. The van der Waals surface area contributed by atoms with Gasteiger partial charge in [0.2, 0.25) is 5.91 Å². The second-order valence-electron chi connectivity index (χ2n) is 8.95. The van der Waals surface area contributed by atoms with Gasteiger partial charge in [-0.2, -0.15) is 5.26 Å². The van der Waals surface area contributed by atoms with Gasteiger partial charge in [0.1, 0.15) is 17.8 Å². The van der Waals surface area contributed by atoms with Crippen molar-refractivity contribution in [1.82, 2.24) is 20.5 Å². The Hall–Kier alpha value is -5.38. The third kappa shape index (κ3) is 6.36. The van der Waals surface area contributed by atoms with E-state index in [0.29, 0.717) is 72.5 Å². The van der Waals surface area contributed by atoms with Crippen molar-refractivity contribution in [1.29, 1.82) is 5.26 Å². The number of nitrogens with one attached hydrogen (secondary N) is 3. The number of rotatable bonds is 8. The monoisotopic (exact) mass is 544 g/mol. The van der Waals surface area contributed by atoms with Gasteiger partial charge in [0, 0.05) is 49.6 Å². The molecule has 0 unspecified atom stereocenters. The van der Waals surface area contributed by atoms with E-state index < -0.39 is 11.8 Å². The Morgan fingerprint density at radius 2 is 1.90 bits per heavy atom. The lowest BCUT2D eigenvalue weighted by atomic mass is 10.1. The molecule has 3 heterocycles. The Morgan fingerprint density at radius 1 is 1.05 bits per heavy atom. The number of benzene rings is 2. The van der Waals surface area contributed by atoms with Crippen LogP contribution < -0.4 is 20.9 Å². The second kappa shape index (κ2) is 12.0. The molecule has 1 aliphatic rings. The maximum Gasteiger partial charge on any atom is 0.319 e. The van der Waals surface area contributed by atoms with Crippen molar-refractivity contribution >= 4 is 29.1 Å². The number of carbonyl (C=O) groups is 2. The normalized spacial score (nSPS) is 13.0. The quantitative estimate of drug-likeness (QED) is 0.303. The van der Waals surface area contributed by atoms with Crippen LogP contribution in [0.1, 0.15) is 11.3 Å². The molecule has 1 aliphatic heterocycles. The van der Waals surface area contributed by atoms with Gasteiger partial charge in [0.05, 0.1) is 30.4 Å². The maximum absolute atomic E-state index is 15.1. The van der Waals surface area contributed by atoms with Crippen LogP contribution in [-0.4, -0.2) is 59.9 Å². The van der Waals surface area contributed by atoms with Crippen LogP contribution in [0.25, 0.3) is 11.3 Å². The molecule has 3 amide bonds. The number of hydrogen-bond donors (Lipinski definition) is 3. The lowest BCUT2D eigenvalue weighted by Gasteiger charge is -2.36. The number of anilines is 3. The van der Waals surface area contributed by atoms with Crippen molar-refractivity contribution in [3.63, 3.8) is 0 Å². The molecule has 5 rings (SSSR count). The zero-order chi connectivity index (χ0) is 27.9. The molecular formula is C27H25FN8O4. The topological polar surface area (TPSA) is 153 Å².